The number of likely N-dealkylation sites (tertiary alicyclic amines) is 1. The highest BCUT2D eigenvalue weighted by atomic mass is 19.1. The minimum atomic E-state index is -0.338. The summed E-state index contributed by atoms with van der Waals surface area (Å²) < 4.78 is 25.9. The Labute approximate surface area is 183 Å². The fourth-order valence-electron chi connectivity index (χ4n) is 4.14. The molecule has 0 spiro atoms. The quantitative estimate of drug-likeness (QED) is 0.484. The van der Waals surface area contributed by atoms with E-state index in [1.54, 1.807) is 35.6 Å². The number of aromatic nitrogens is 4. The highest BCUT2D eigenvalue weighted by Crippen LogP contribution is 2.31. The first-order valence-electron chi connectivity index (χ1n) is 10.4. The molecule has 0 N–H and O–H groups in total. The standard InChI is InChI=1S/C23H22FN5O3/c1-14-10-19(27-32-14)23(30)28-9-3-4-16(12-28)22-25-21-8-5-15(13-29(21)26-22)18-11-17(24)6-7-20(18)31-2/h5-8,10-11,13,16H,3-4,9,12H2,1-2H3/t16-/m1/s1. The molecule has 1 aliphatic rings. The van der Waals surface area contributed by atoms with E-state index in [1.165, 1.54) is 12.1 Å². The minimum absolute atomic E-state index is 0.0211. The number of aryl methyl sites for hydroxylation is 1. The van der Waals surface area contributed by atoms with Crippen LogP contribution < -0.4 is 4.74 Å². The Morgan fingerprint density at radius 1 is 1.25 bits per heavy atom. The Kier molecular flexibility index (Phi) is 5.08. The van der Waals surface area contributed by atoms with Gasteiger partial charge in [0.15, 0.2) is 17.2 Å². The molecule has 0 saturated carbocycles. The Bertz CT molecular complexity index is 1300. The second kappa shape index (κ2) is 8.07. The van der Waals surface area contributed by atoms with Crippen molar-refractivity contribution in [2.24, 2.45) is 0 Å². The molecule has 3 aromatic heterocycles. The van der Waals surface area contributed by atoms with Gasteiger partial charge in [-0.05, 0) is 50.1 Å². The number of carbonyl (C=O) groups is 1. The number of pyridine rings is 1. The van der Waals surface area contributed by atoms with Gasteiger partial charge in [-0.2, -0.15) is 5.10 Å². The van der Waals surface area contributed by atoms with Crippen molar-refractivity contribution in [1.82, 2.24) is 24.7 Å². The molecular formula is C23H22FN5O3. The van der Waals surface area contributed by atoms with E-state index in [0.717, 1.165) is 18.4 Å². The van der Waals surface area contributed by atoms with Gasteiger partial charge in [-0.15, -0.1) is 0 Å². The predicted molar refractivity (Wildman–Crippen MR) is 114 cm³/mol. The molecule has 5 rings (SSSR count). The van der Waals surface area contributed by atoms with E-state index in [-0.39, 0.29) is 17.6 Å². The molecule has 0 bridgehead atoms. The number of fused-ring (bicyclic) bond motifs is 1. The summed E-state index contributed by atoms with van der Waals surface area (Å²) in [5.41, 5.74) is 2.42. The van der Waals surface area contributed by atoms with Gasteiger partial charge in [0.1, 0.15) is 17.3 Å². The SMILES string of the molecule is COc1ccc(F)cc1-c1ccc2nc([C@@H]3CCCN(C(=O)c4cc(C)on4)C3)nn2c1. The number of halogens is 1. The molecule has 1 atom stereocenters. The number of amides is 1. The van der Waals surface area contributed by atoms with Crippen molar-refractivity contribution in [2.75, 3.05) is 20.2 Å². The highest BCUT2D eigenvalue weighted by Gasteiger charge is 2.29. The van der Waals surface area contributed by atoms with Crippen LogP contribution in [0, 0.1) is 12.7 Å². The van der Waals surface area contributed by atoms with E-state index >= 15 is 0 Å². The number of hydrogen-bond donors (Lipinski definition) is 0. The fourth-order valence-corrected chi connectivity index (χ4v) is 4.14. The molecule has 32 heavy (non-hydrogen) atoms. The molecular weight excluding hydrogens is 413 g/mol. The van der Waals surface area contributed by atoms with Crippen molar-refractivity contribution < 1.29 is 18.4 Å². The van der Waals surface area contributed by atoms with E-state index in [1.807, 2.05) is 18.3 Å². The second-order valence-corrected chi connectivity index (χ2v) is 7.95. The first-order valence-corrected chi connectivity index (χ1v) is 10.4. The van der Waals surface area contributed by atoms with Crippen molar-refractivity contribution in [2.45, 2.75) is 25.7 Å². The fraction of sp³-hybridized carbons (Fsp3) is 0.304. The number of piperidine rings is 1. The lowest BCUT2D eigenvalue weighted by molar-refractivity contribution is 0.0694. The third-order valence-corrected chi connectivity index (χ3v) is 5.74. The van der Waals surface area contributed by atoms with Crippen LogP contribution >= 0.6 is 0 Å². The summed E-state index contributed by atoms with van der Waals surface area (Å²) in [5, 5.41) is 8.51. The predicted octanol–water partition coefficient (Wildman–Crippen LogP) is 3.86. The molecule has 4 heterocycles. The van der Waals surface area contributed by atoms with Gasteiger partial charge in [0, 0.05) is 42.4 Å². The largest absolute Gasteiger partial charge is 0.496 e. The van der Waals surface area contributed by atoms with Crippen molar-refractivity contribution in [3.8, 4) is 16.9 Å². The number of rotatable bonds is 4. The van der Waals surface area contributed by atoms with Gasteiger partial charge >= 0.3 is 0 Å². The van der Waals surface area contributed by atoms with Crippen molar-refractivity contribution in [1.29, 1.82) is 0 Å². The Morgan fingerprint density at radius 3 is 2.91 bits per heavy atom. The van der Waals surface area contributed by atoms with E-state index in [2.05, 4.69) is 15.2 Å². The lowest BCUT2D eigenvalue weighted by Gasteiger charge is -2.30. The van der Waals surface area contributed by atoms with E-state index < -0.39 is 0 Å². The summed E-state index contributed by atoms with van der Waals surface area (Å²) in [5.74, 6) is 1.41. The van der Waals surface area contributed by atoms with Crippen LogP contribution in [0.3, 0.4) is 0 Å². The van der Waals surface area contributed by atoms with Crippen LogP contribution in [0.25, 0.3) is 16.8 Å². The Balaban J connectivity index is 1.41. The van der Waals surface area contributed by atoms with Gasteiger partial charge < -0.3 is 14.2 Å². The van der Waals surface area contributed by atoms with E-state index in [9.17, 15) is 9.18 Å². The minimum Gasteiger partial charge on any atom is -0.496 e. The first-order chi connectivity index (χ1) is 15.5. The molecule has 0 radical (unpaired) electrons. The Morgan fingerprint density at radius 2 is 2.12 bits per heavy atom. The van der Waals surface area contributed by atoms with Crippen molar-refractivity contribution in [3.05, 3.63) is 65.7 Å². The van der Waals surface area contributed by atoms with Gasteiger partial charge in [0.05, 0.1) is 7.11 Å². The zero-order valence-corrected chi connectivity index (χ0v) is 17.8. The van der Waals surface area contributed by atoms with Crippen LogP contribution in [0.15, 0.2) is 47.1 Å². The van der Waals surface area contributed by atoms with Crippen LogP contribution in [0.4, 0.5) is 4.39 Å². The maximum Gasteiger partial charge on any atom is 0.276 e. The summed E-state index contributed by atoms with van der Waals surface area (Å²) >= 11 is 0. The topological polar surface area (TPSA) is 85.8 Å². The smallest absolute Gasteiger partial charge is 0.276 e. The van der Waals surface area contributed by atoms with Gasteiger partial charge in [0.25, 0.3) is 5.91 Å². The maximum atomic E-state index is 13.8. The van der Waals surface area contributed by atoms with Crippen molar-refractivity contribution in [3.63, 3.8) is 0 Å². The molecule has 1 aliphatic heterocycles. The monoisotopic (exact) mass is 435 g/mol. The van der Waals surface area contributed by atoms with Crippen LogP contribution in [-0.2, 0) is 0 Å². The van der Waals surface area contributed by atoms with Gasteiger partial charge in [0.2, 0.25) is 0 Å². The van der Waals surface area contributed by atoms with Gasteiger partial charge in [-0.1, -0.05) is 5.16 Å². The first kappa shape index (κ1) is 20.2. The average molecular weight is 435 g/mol. The summed E-state index contributed by atoms with van der Waals surface area (Å²) in [6.45, 7) is 2.95. The van der Waals surface area contributed by atoms with Crippen LogP contribution in [-0.4, -0.2) is 50.8 Å². The maximum absolute atomic E-state index is 13.8. The van der Waals surface area contributed by atoms with Crippen LogP contribution in [0.1, 0.15) is 40.8 Å². The molecule has 1 fully saturated rings. The zero-order valence-electron chi connectivity index (χ0n) is 17.8. The molecule has 9 heteroatoms. The number of benzene rings is 1. The molecule has 1 saturated heterocycles. The molecule has 1 amide bonds. The average Bonchev–Trinajstić information content (AvgIpc) is 3.44. The number of nitrogens with zero attached hydrogens (tertiary/aromatic N) is 5. The highest BCUT2D eigenvalue weighted by molar-refractivity contribution is 5.92. The molecule has 0 unspecified atom stereocenters. The summed E-state index contributed by atoms with van der Waals surface area (Å²) in [7, 11) is 1.55. The molecule has 8 nitrogen and oxygen atoms in total. The van der Waals surface area contributed by atoms with E-state index in [0.29, 0.717) is 47.3 Å². The van der Waals surface area contributed by atoms with Gasteiger partial charge in [-0.3, -0.25) is 4.79 Å². The lowest BCUT2D eigenvalue weighted by atomic mass is 9.97. The third-order valence-electron chi connectivity index (χ3n) is 5.74. The van der Waals surface area contributed by atoms with Crippen LogP contribution in [0.2, 0.25) is 0 Å². The Hall–Kier alpha value is -3.75. The molecule has 4 aromatic rings. The zero-order chi connectivity index (χ0) is 22.2. The third kappa shape index (κ3) is 3.70. The normalized spacial score (nSPS) is 16.5. The summed E-state index contributed by atoms with van der Waals surface area (Å²) in [6, 6.07) is 9.77. The van der Waals surface area contributed by atoms with Crippen molar-refractivity contribution >= 4 is 11.6 Å². The van der Waals surface area contributed by atoms with Crippen LogP contribution in [0.5, 0.6) is 5.75 Å². The molecule has 164 valence electrons. The summed E-state index contributed by atoms with van der Waals surface area (Å²) in [6.07, 6.45) is 3.56. The molecule has 1 aromatic carbocycles. The number of carbonyl (C=O) groups excluding carboxylic acids is 1. The van der Waals surface area contributed by atoms with Gasteiger partial charge in [-0.25, -0.2) is 13.9 Å². The number of ether oxygens (including phenoxy) is 1. The summed E-state index contributed by atoms with van der Waals surface area (Å²) in [4.78, 5) is 19.2. The lowest BCUT2D eigenvalue weighted by Crippen LogP contribution is -2.39. The second-order valence-electron chi connectivity index (χ2n) is 7.95. The molecule has 0 aliphatic carbocycles. The number of methoxy groups -OCH3 is 1. The number of hydrogen-bond acceptors (Lipinski definition) is 6. The van der Waals surface area contributed by atoms with E-state index in [4.69, 9.17) is 9.26 Å².